The maximum absolute atomic E-state index is 12.0. The number of carboxylic acids is 1. The van der Waals surface area contributed by atoms with Crippen LogP contribution in [-0.2, 0) is 14.4 Å². The zero-order chi connectivity index (χ0) is 11.4. The van der Waals surface area contributed by atoms with Crippen LogP contribution >= 0.6 is 0 Å². The van der Waals surface area contributed by atoms with Gasteiger partial charge in [-0.2, -0.15) is 0 Å². The van der Waals surface area contributed by atoms with Crippen molar-refractivity contribution in [1.82, 2.24) is 4.90 Å². The summed E-state index contributed by atoms with van der Waals surface area (Å²) < 4.78 is 0. The number of aliphatic carboxylic acids is 1. The van der Waals surface area contributed by atoms with E-state index in [0.29, 0.717) is 11.8 Å². The highest BCUT2D eigenvalue weighted by molar-refractivity contribution is 6.07. The molecule has 1 saturated heterocycles. The van der Waals surface area contributed by atoms with Gasteiger partial charge in [0.15, 0.2) is 0 Å². The summed E-state index contributed by atoms with van der Waals surface area (Å²) in [5.41, 5.74) is 0. The highest BCUT2D eigenvalue weighted by Gasteiger charge is 2.60. The molecule has 1 aliphatic heterocycles. The van der Waals surface area contributed by atoms with Gasteiger partial charge in [-0.3, -0.25) is 19.3 Å². The first-order chi connectivity index (χ1) is 7.59. The first-order valence-electron chi connectivity index (χ1n) is 5.66. The Kier molecular flexibility index (Phi) is 1.87. The van der Waals surface area contributed by atoms with Crippen molar-refractivity contribution in [3.05, 3.63) is 0 Å². The quantitative estimate of drug-likeness (QED) is 0.674. The van der Waals surface area contributed by atoms with E-state index in [0.717, 1.165) is 24.2 Å². The number of fused-ring (bicyclic) bond motifs is 5. The summed E-state index contributed by atoms with van der Waals surface area (Å²) in [4.78, 5) is 35.5. The molecule has 1 N–H and O–H groups in total. The van der Waals surface area contributed by atoms with Crippen molar-refractivity contribution >= 4 is 17.8 Å². The highest BCUT2D eigenvalue weighted by Crippen LogP contribution is 2.55. The van der Waals surface area contributed by atoms with Crippen molar-refractivity contribution in [1.29, 1.82) is 0 Å². The van der Waals surface area contributed by atoms with Gasteiger partial charge >= 0.3 is 5.97 Å². The van der Waals surface area contributed by atoms with Gasteiger partial charge in [-0.05, 0) is 31.1 Å². The predicted molar refractivity (Wildman–Crippen MR) is 52.2 cm³/mol. The number of likely N-dealkylation sites (tertiary alicyclic amines) is 1. The molecule has 0 aromatic carbocycles. The molecule has 0 radical (unpaired) electrons. The maximum atomic E-state index is 12.0. The van der Waals surface area contributed by atoms with Crippen LogP contribution in [0, 0.1) is 23.7 Å². The fourth-order valence-electron chi connectivity index (χ4n) is 3.76. The zero-order valence-electron chi connectivity index (χ0n) is 8.76. The lowest BCUT2D eigenvalue weighted by Crippen LogP contribution is -2.37. The largest absolute Gasteiger partial charge is 0.480 e. The van der Waals surface area contributed by atoms with Crippen LogP contribution in [0.3, 0.4) is 0 Å². The van der Waals surface area contributed by atoms with Gasteiger partial charge < -0.3 is 5.11 Å². The van der Waals surface area contributed by atoms with Gasteiger partial charge in [0, 0.05) is 0 Å². The topological polar surface area (TPSA) is 74.7 Å². The zero-order valence-corrected chi connectivity index (χ0v) is 8.76. The first kappa shape index (κ1) is 9.81. The Balaban J connectivity index is 1.89. The standard InChI is InChI=1S/C11H13NO4/c13-7(14)4-12-10(15)8-5-1-2-6(3-5)9(8)11(12)16/h5-6,8-9H,1-4H2,(H,13,14)/t5?,6?,8-,9+. The molecule has 3 aliphatic rings. The van der Waals surface area contributed by atoms with Crippen molar-refractivity contribution < 1.29 is 19.5 Å². The van der Waals surface area contributed by atoms with Gasteiger partial charge in [-0.25, -0.2) is 0 Å². The number of carboxylic acid groups (broad SMARTS) is 1. The number of carbonyl (C=O) groups excluding carboxylic acids is 2. The molecule has 2 amide bonds. The second kappa shape index (κ2) is 3.06. The second-order valence-corrected chi connectivity index (χ2v) is 5.04. The number of hydrogen-bond donors (Lipinski definition) is 1. The summed E-state index contributed by atoms with van der Waals surface area (Å²) in [6, 6.07) is 0. The van der Waals surface area contributed by atoms with Gasteiger partial charge in [0.2, 0.25) is 11.8 Å². The summed E-state index contributed by atoms with van der Waals surface area (Å²) >= 11 is 0. The van der Waals surface area contributed by atoms with Gasteiger partial charge in [0.1, 0.15) is 6.54 Å². The second-order valence-electron chi connectivity index (χ2n) is 5.04. The van der Waals surface area contributed by atoms with Crippen LogP contribution < -0.4 is 0 Å². The molecule has 1 heterocycles. The third-order valence-electron chi connectivity index (χ3n) is 4.31. The molecule has 86 valence electrons. The van der Waals surface area contributed by atoms with E-state index in [1.165, 1.54) is 0 Å². The molecule has 16 heavy (non-hydrogen) atoms. The summed E-state index contributed by atoms with van der Waals surface area (Å²) in [5, 5.41) is 8.67. The van der Waals surface area contributed by atoms with E-state index in [-0.39, 0.29) is 23.7 Å². The van der Waals surface area contributed by atoms with Crippen LogP contribution in [0.5, 0.6) is 0 Å². The van der Waals surface area contributed by atoms with Crippen LogP contribution in [0.1, 0.15) is 19.3 Å². The van der Waals surface area contributed by atoms with E-state index < -0.39 is 12.5 Å². The van der Waals surface area contributed by atoms with Crippen LogP contribution in [-0.4, -0.2) is 34.3 Å². The molecule has 2 unspecified atom stereocenters. The lowest BCUT2D eigenvalue weighted by atomic mass is 9.81. The molecule has 2 bridgehead atoms. The molecule has 2 aliphatic carbocycles. The van der Waals surface area contributed by atoms with Crippen molar-refractivity contribution in [2.24, 2.45) is 23.7 Å². The Morgan fingerprint density at radius 1 is 1.19 bits per heavy atom. The Morgan fingerprint density at radius 3 is 2.12 bits per heavy atom. The highest BCUT2D eigenvalue weighted by atomic mass is 16.4. The molecule has 3 rings (SSSR count). The molecular formula is C11H13NO4. The SMILES string of the molecule is O=C(O)CN1C(=O)[C@@H]2C3CCC(C3)[C@@H]2C1=O. The fourth-order valence-corrected chi connectivity index (χ4v) is 3.76. The third kappa shape index (κ3) is 1.08. The Hall–Kier alpha value is -1.39. The van der Waals surface area contributed by atoms with Crippen LogP contribution in [0.2, 0.25) is 0 Å². The third-order valence-corrected chi connectivity index (χ3v) is 4.31. The molecule has 4 atom stereocenters. The monoisotopic (exact) mass is 223 g/mol. The molecule has 0 spiro atoms. The normalized spacial score (nSPS) is 40.6. The van der Waals surface area contributed by atoms with Crippen LogP contribution in [0.15, 0.2) is 0 Å². The van der Waals surface area contributed by atoms with Gasteiger partial charge in [0.05, 0.1) is 11.8 Å². The van der Waals surface area contributed by atoms with Crippen LogP contribution in [0.4, 0.5) is 0 Å². The minimum atomic E-state index is -1.12. The minimum Gasteiger partial charge on any atom is -0.480 e. The molecule has 3 fully saturated rings. The maximum Gasteiger partial charge on any atom is 0.323 e. The smallest absolute Gasteiger partial charge is 0.323 e. The molecule has 5 nitrogen and oxygen atoms in total. The van der Waals surface area contributed by atoms with Gasteiger partial charge in [-0.15, -0.1) is 0 Å². The van der Waals surface area contributed by atoms with Crippen molar-refractivity contribution in [2.75, 3.05) is 6.54 Å². The average molecular weight is 223 g/mol. The van der Waals surface area contributed by atoms with E-state index in [9.17, 15) is 14.4 Å². The Bertz CT molecular complexity index is 363. The number of hydrogen-bond acceptors (Lipinski definition) is 3. The summed E-state index contributed by atoms with van der Waals surface area (Å²) in [5.74, 6) is -1.37. The Morgan fingerprint density at radius 2 is 1.69 bits per heavy atom. The van der Waals surface area contributed by atoms with E-state index in [1.54, 1.807) is 0 Å². The summed E-state index contributed by atoms with van der Waals surface area (Å²) in [7, 11) is 0. The predicted octanol–water partition coefficient (Wildman–Crippen LogP) is 0.102. The Labute approximate surface area is 92.4 Å². The molecule has 5 heteroatoms. The number of amides is 2. The molecular weight excluding hydrogens is 210 g/mol. The number of rotatable bonds is 2. The molecule has 2 saturated carbocycles. The minimum absolute atomic E-state index is 0.203. The summed E-state index contributed by atoms with van der Waals surface area (Å²) in [6.45, 7) is -0.468. The van der Waals surface area contributed by atoms with Gasteiger partial charge in [-0.1, -0.05) is 0 Å². The van der Waals surface area contributed by atoms with E-state index in [1.807, 2.05) is 0 Å². The summed E-state index contributed by atoms with van der Waals surface area (Å²) in [6.07, 6.45) is 3.02. The first-order valence-corrected chi connectivity index (χ1v) is 5.66. The molecule has 0 aromatic rings. The van der Waals surface area contributed by atoms with Gasteiger partial charge in [0.25, 0.3) is 0 Å². The van der Waals surface area contributed by atoms with Crippen molar-refractivity contribution in [3.63, 3.8) is 0 Å². The molecule has 0 aromatic heterocycles. The van der Waals surface area contributed by atoms with Crippen molar-refractivity contribution in [3.8, 4) is 0 Å². The van der Waals surface area contributed by atoms with E-state index >= 15 is 0 Å². The fraction of sp³-hybridized carbons (Fsp3) is 0.727. The number of nitrogens with zero attached hydrogens (tertiary/aromatic N) is 1. The lowest BCUT2D eigenvalue weighted by Gasteiger charge is -2.19. The lowest BCUT2D eigenvalue weighted by molar-refractivity contribution is -0.149. The van der Waals surface area contributed by atoms with E-state index in [4.69, 9.17) is 5.11 Å². The van der Waals surface area contributed by atoms with Crippen molar-refractivity contribution in [2.45, 2.75) is 19.3 Å². The average Bonchev–Trinajstić information content (AvgIpc) is 2.87. The van der Waals surface area contributed by atoms with Crippen LogP contribution in [0.25, 0.3) is 0 Å². The number of imide groups is 1. The van der Waals surface area contributed by atoms with E-state index in [2.05, 4.69) is 0 Å². The number of carbonyl (C=O) groups is 3.